The van der Waals surface area contributed by atoms with Crippen molar-refractivity contribution in [1.29, 1.82) is 0 Å². The van der Waals surface area contributed by atoms with Gasteiger partial charge in [0.15, 0.2) is 6.10 Å². The van der Waals surface area contributed by atoms with Crippen LogP contribution in [0.3, 0.4) is 0 Å². The molecule has 0 aliphatic heterocycles. The Labute approximate surface area is 172 Å². The van der Waals surface area contributed by atoms with E-state index < -0.39 is 18.0 Å². The standard InChI is InChI=1S/C21H20ClN3O4/c1-13(20(27)23-15-7-4-6-14(22)12-15)29-19(26)11-5-10-18-24-17-9-3-2-8-16(17)21(28)25-18/h2-4,6-9,12-13H,5,10-11H2,1H3,(H,23,27)(H,24,25,28)/t13-/m0/s1. The number of nitrogens with zero attached hydrogens (tertiary/aromatic N) is 1. The second-order valence-corrected chi connectivity index (χ2v) is 6.95. The van der Waals surface area contributed by atoms with Crippen LogP contribution in [0, 0.1) is 0 Å². The fraction of sp³-hybridized carbons (Fsp3) is 0.238. The van der Waals surface area contributed by atoms with E-state index in [9.17, 15) is 14.4 Å². The third kappa shape index (κ3) is 5.65. The summed E-state index contributed by atoms with van der Waals surface area (Å²) in [7, 11) is 0. The Hall–Kier alpha value is -3.19. The van der Waals surface area contributed by atoms with E-state index in [-0.39, 0.29) is 12.0 Å². The normalized spacial score (nSPS) is 11.8. The summed E-state index contributed by atoms with van der Waals surface area (Å²) in [6, 6.07) is 13.8. The maximum atomic E-state index is 12.1. The number of aromatic nitrogens is 2. The maximum absolute atomic E-state index is 12.1. The quantitative estimate of drug-likeness (QED) is 0.577. The summed E-state index contributed by atoms with van der Waals surface area (Å²) in [4.78, 5) is 43.3. The van der Waals surface area contributed by atoms with E-state index in [1.165, 1.54) is 6.92 Å². The topological polar surface area (TPSA) is 101 Å². The lowest BCUT2D eigenvalue weighted by atomic mass is 10.2. The molecule has 1 aromatic heterocycles. The van der Waals surface area contributed by atoms with Crippen molar-refractivity contribution < 1.29 is 14.3 Å². The van der Waals surface area contributed by atoms with Gasteiger partial charge >= 0.3 is 5.97 Å². The van der Waals surface area contributed by atoms with Crippen molar-refractivity contribution in [1.82, 2.24) is 9.97 Å². The number of hydrogen-bond acceptors (Lipinski definition) is 5. The molecule has 0 aliphatic carbocycles. The van der Waals surface area contributed by atoms with Gasteiger partial charge in [-0.2, -0.15) is 0 Å². The van der Waals surface area contributed by atoms with Crippen molar-refractivity contribution in [2.75, 3.05) is 5.32 Å². The molecule has 0 aliphatic rings. The van der Waals surface area contributed by atoms with Gasteiger partial charge in [-0.1, -0.05) is 29.8 Å². The van der Waals surface area contributed by atoms with Gasteiger partial charge in [-0.05, 0) is 43.7 Å². The number of halogens is 1. The lowest BCUT2D eigenvalue weighted by Crippen LogP contribution is -2.30. The summed E-state index contributed by atoms with van der Waals surface area (Å²) in [5, 5.41) is 3.66. The van der Waals surface area contributed by atoms with Crippen LogP contribution in [-0.4, -0.2) is 27.9 Å². The highest BCUT2D eigenvalue weighted by molar-refractivity contribution is 6.30. The van der Waals surface area contributed by atoms with Crippen LogP contribution in [0.5, 0.6) is 0 Å². The van der Waals surface area contributed by atoms with Crippen molar-refractivity contribution in [3.05, 3.63) is 69.7 Å². The van der Waals surface area contributed by atoms with Crippen molar-refractivity contribution in [3.63, 3.8) is 0 Å². The summed E-state index contributed by atoms with van der Waals surface area (Å²) in [5.74, 6) is -0.434. The van der Waals surface area contributed by atoms with Gasteiger partial charge in [-0.3, -0.25) is 14.4 Å². The highest BCUT2D eigenvalue weighted by atomic mass is 35.5. The van der Waals surface area contributed by atoms with Crippen molar-refractivity contribution in [2.24, 2.45) is 0 Å². The molecule has 7 nitrogen and oxygen atoms in total. The number of aromatic amines is 1. The average Bonchev–Trinajstić information content (AvgIpc) is 2.68. The maximum Gasteiger partial charge on any atom is 0.306 e. The number of rotatable bonds is 7. The molecule has 0 bridgehead atoms. The fourth-order valence-electron chi connectivity index (χ4n) is 2.77. The average molecular weight is 414 g/mol. The van der Waals surface area contributed by atoms with Crippen LogP contribution in [0.4, 0.5) is 5.69 Å². The largest absolute Gasteiger partial charge is 0.453 e. The van der Waals surface area contributed by atoms with E-state index in [1.54, 1.807) is 42.5 Å². The Morgan fingerprint density at radius 3 is 2.79 bits per heavy atom. The molecule has 0 saturated carbocycles. The minimum absolute atomic E-state index is 0.103. The van der Waals surface area contributed by atoms with Crippen LogP contribution >= 0.6 is 11.6 Å². The first kappa shape index (κ1) is 20.5. The number of benzene rings is 2. The molecule has 2 N–H and O–H groups in total. The molecule has 29 heavy (non-hydrogen) atoms. The van der Waals surface area contributed by atoms with Gasteiger partial charge in [0.1, 0.15) is 5.82 Å². The first-order valence-corrected chi connectivity index (χ1v) is 9.54. The summed E-state index contributed by atoms with van der Waals surface area (Å²) in [6.45, 7) is 1.50. The molecule has 3 rings (SSSR count). The molecule has 0 unspecified atom stereocenters. The number of carbonyl (C=O) groups is 2. The summed E-state index contributed by atoms with van der Waals surface area (Å²) < 4.78 is 5.17. The lowest BCUT2D eigenvalue weighted by Gasteiger charge is -2.13. The number of aryl methyl sites for hydroxylation is 1. The van der Waals surface area contributed by atoms with Crippen LogP contribution < -0.4 is 10.9 Å². The Bertz CT molecular complexity index is 1100. The third-order valence-corrected chi connectivity index (χ3v) is 4.46. The van der Waals surface area contributed by atoms with Gasteiger partial charge in [0, 0.05) is 23.6 Å². The number of esters is 1. The molecular weight excluding hydrogens is 394 g/mol. The van der Waals surface area contributed by atoms with E-state index in [1.807, 2.05) is 6.07 Å². The number of anilines is 1. The number of nitrogens with one attached hydrogen (secondary N) is 2. The Balaban J connectivity index is 1.48. The number of H-pyrrole nitrogens is 1. The van der Waals surface area contributed by atoms with Crippen LogP contribution in [0.25, 0.3) is 10.9 Å². The van der Waals surface area contributed by atoms with Crippen molar-refractivity contribution in [2.45, 2.75) is 32.3 Å². The van der Waals surface area contributed by atoms with Crippen LogP contribution in [0.1, 0.15) is 25.6 Å². The Kier molecular flexibility index (Phi) is 6.61. The predicted octanol–water partition coefficient (Wildman–Crippen LogP) is 3.47. The molecule has 0 radical (unpaired) electrons. The van der Waals surface area contributed by atoms with Crippen LogP contribution in [0.2, 0.25) is 5.02 Å². The van der Waals surface area contributed by atoms with Crippen LogP contribution in [0.15, 0.2) is 53.3 Å². The molecule has 0 spiro atoms. The molecule has 150 valence electrons. The molecule has 1 atom stereocenters. The van der Waals surface area contributed by atoms with E-state index in [2.05, 4.69) is 15.3 Å². The molecule has 2 aromatic carbocycles. The van der Waals surface area contributed by atoms with Crippen molar-refractivity contribution in [3.8, 4) is 0 Å². The highest BCUT2D eigenvalue weighted by Crippen LogP contribution is 2.15. The number of para-hydroxylation sites is 1. The summed E-state index contributed by atoms with van der Waals surface area (Å²) >= 11 is 5.88. The summed E-state index contributed by atoms with van der Waals surface area (Å²) in [5.41, 5.74) is 0.927. The first-order valence-electron chi connectivity index (χ1n) is 9.16. The number of carbonyl (C=O) groups excluding carboxylic acids is 2. The lowest BCUT2D eigenvalue weighted by molar-refractivity contribution is -0.153. The van der Waals surface area contributed by atoms with Gasteiger partial charge in [0.25, 0.3) is 11.5 Å². The van der Waals surface area contributed by atoms with Crippen LogP contribution in [-0.2, 0) is 20.7 Å². The number of ether oxygens (including phenoxy) is 1. The van der Waals surface area contributed by atoms with E-state index in [0.29, 0.717) is 40.3 Å². The number of fused-ring (bicyclic) bond motifs is 1. The molecule has 0 fully saturated rings. The Morgan fingerprint density at radius 2 is 2.00 bits per heavy atom. The van der Waals surface area contributed by atoms with Gasteiger partial charge in [0.05, 0.1) is 10.9 Å². The Morgan fingerprint density at radius 1 is 1.21 bits per heavy atom. The van der Waals surface area contributed by atoms with E-state index in [4.69, 9.17) is 16.3 Å². The molecule has 0 saturated heterocycles. The molecule has 1 amide bonds. The van der Waals surface area contributed by atoms with Gasteiger partial charge in [-0.25, -0.2) is 4.98 Å². The van der Waals surface area contributed by atoms with E-state index >= 15 is 0 Å². The zero-order chi connectivity index (χ0) is 20.8. The molecule has 3 aromatic rings. The number of amides is 1. The fourth-order valence-corrected chi connectivity index (χ4v) is 2.96. The summed E-state index contributed by atoms with van der Waals surface area (Å²) in [6.07, 6.45) is 0.00636. The molecule has 8 heteroatoms. The highest BCUT2D eigenvalue weighted by Gasteiger charge is 2.18. The monoisotopic (exact) mass is 413 g/mol. The second-order valence-electron chi connectivity index (χ2n) is 6.52. The zero-order valence-electron chi connectivity index (χ0n) is 15.8. The predicted molar refractivity (Wildman–Crippen MR) is 111 cm³/mol. The third-order valence-electron chi connectivity index (χ3n) is 4.23. The van der Waals surface area contributed by atoms with Gasteiger partial charge in [-0.15, -0.1) is 0 Å². The smallest absolute Gasteiger partial charge is 0.306 e. The molecule has 1 heterocycles. The van der Waals surface area contributed by atoms with Gasteiger partial charge < -0.3 is 15.0 Å². The molecular formula is C21H20ClN3O4. The first-order chi connectivity index (χ1) is 13.9. The number of hydrogen-bond donors (Lipinski definition) is 2. The zero-order valence-corrected chi connectivity index (χ0v) is 16.5. The minimum atomic E-state index is -0.944. The second kappa shape index (κ2) is 9.34. The minimum Gasteiger partial charge on any atom is -0.453 e. The van der Waals surface area contributed by atoms with Crippen molar-refractivity contribution >= 4 is 40.1 Å². The van der Waals surface area contributed by atoms with E-state index in [0.717, 1.165) is 0 Å². The SMILES string of the molecule is C[C@H](OC(=O)CCCc1nc2ccccc2c(=O)[nH]1)C(=O)Nc1cccc(Cl)c1. The van der Waals surface area contributed by atoms with Gasteiger partial charge in [0.2, 0.25) is 0 Å².